The SMILES string of the molecule is CN=C(NCc1ccc(F)c(CN(C)C)c1)NCC1CCCS1. The number of aliphatic imine (C=N–C) groups is 1. The topological polar surface area (TPSA) is 39.7 Å². The van der Waals surface area contributed by atoms with Crippen LogP contribution in [-0.2, 0) is 13.1 Å². The molecule has 1 aliphatic rings. The van der Waals surface area contributed by atoms with Crippen molar-refractivity contribution in [2.75, 3.05) is 33.4 Å². The van der Waals surface area contributed by atoms with Crippen molar-refractivity contribution in [1.29, 1.82) is 0 Å². The molecule has 4 nitrogen and oxygen atoms in total. The number of nitrogens with one attached hydrogen (secondary N) is 2. The van der Waals surface area contributed by atoms with Crippen molar-refractivity contribution in [3.05, 3.63) is 35.1 Å². The molecule has 128 valence electrons. The molecule has 0 radical (unpaired) electrons. The van der Waals surface area contributed by atoms with E-state index in [1.54, 1.807) is 13.1 Å². The van der Waals surface area contributed by atoms with Crippen molar-refractivity contribution >= 4 is 17.7 Å². The number of hydrogen-bond acceptors (Lipinski definition) is 3. The summed E-state index contributed by atoms with van der Waals surface area (Å²) in [6.45, 7) is 2.18. The van der Waals surface area contributed by atoms with Crippen LogP contribution in [0.4, 0.5) is 4.39 Å². The van der Waals surface area contributed by atoms with E-state index < -0.39 is 0 Å². The fourth-order valence-electron chi connectivity index (χ4n) is 2.62. The Balaban J connectivity index is 1.85. The lowest BCUT2D eigenvalue weighted by Gasteiger charge is -2.16. The van der Waals surface area contributed by atoms with Crippen LogP contribution in [0, 0.1) is 5.82 Å². The van der Waals surface area contributed by atoms with Crippen molar-refractivity contribution in [1.82, 2.24) is 15.5 Å². The zero-order valence-corrected chi connectivity index (χ0v) is 15.0. The van der Waals surface area contributed by atoms with Crippen LogP contribution in [-0.4, -0.2) is 49.6 Å². The molecule has 1 aliphatic heterocycles. The Morgan fingerprint density at radius 3 is 2.87 bits per heavy atom. The third-order valence-corrected chi connectivity index (χ3v) is 5.20. The molecule has 1 atom stereocenters. The van der Waals surface area contributed by atoms with Crippen molar-refractivity contribution in [2.45, 2.75) is 31.2 Å². The van der Waals surface area contributed by atoms with E-state index in [1.165, 1.54) is 18.6 Å². The van der Waals surface area contributed by atoms with E-state index in [4.69, 9.17) is 0 Å². The van der Waals surface area contributed by atoms with Crippen LogP contribution in [0.1, 0.15) is 24.0 Å². The third-order valence-electron chi connectivity index (χ3n) is 3.80. The second-order valence-corrected chi connectivity index (χ2v) is 7.51. The second kappa shape index (κ2) is 9.13. The van der Waals surface area contributed by atoms with Gasteiger partial charge in [0.1, 0.15) is 5.82 Å². The Bertz CT molecular complexity index is 527. The van der Waals surface area contributed by atoms with Crippen LogP contribution in [0.5, 0.6) is 0 Å². The fourth-order valence-corrected chi connectivity index (χ4v) is 3.82. The quantitative estimate of drug-likeness (QED) is 0.617. The Morgan fingerprint density at radius 1 is 1.39 bits per heavy atom. The van der Waals surface area contributed by atoms with Gasteiger partial charge in [-0.05, 0) is 50.4 Å². The first kappa shape index (κ1) is 18.1. The van der Waals surface area contributed by atoms with Gasteiger partial charge in [-0.2, -0.15) is 11.8 Å². The number of nitrogens with zero attached hydrogens (tertiary/aromatic N) is 2. The molecular formula is C17H27FN4S. The Hall–Kier alpha value is -1.27. The third kappa shape index (κ3) is 6.03. The number of guanidine groups is 1. The Morgan fingerprint density at radius 2 is 2.22 bits per heavy atom. The summed E-state index contributed by atoms with van der Waals surface area (Å²) < 4.78 is 13.8. The predicted molar refractivity (Wildman–Crippen MR) is 97.5 cm³/mol. The first-order valence-electron chi connectivity index (χ1n) is 8.06. The minimum atomic E-state index is -0.150. The van der Waals surface area contributed by atoms with Gasteiger partial charge in [0.05, 0.1) is 0 Å². The van der Waals surface area contributed by atoms with Gasteiger partial charge in [0.25, 0.3) is 0 Å². The summed E-state index contributed by atoms with van der Waals surface area (Å²) in [5.74, 6) is 1.92. The highest BCUT2D eigenvalue weighted by Crippen LogP contribution is 2.25. The van der Waals surface area contributed by atoms with Crippen molar-refractivity contribution < 1.29 is 4.39 Å². The van der Waals surface area contributed by atoms with E-state index in [1.807, 2.05) is 42.9 Å². The van der Waals surface area contributed by atoms with Gasteiger partial charge in [0, 0.05) is 37.5 Å². The van der Waals surface area contributed by atoms with Gasteiger partial charge in [-0.25, -0.2) is 4.39 Å². The molecule has 23 heavy (non-hydrogen) atoms. The number of rotatable bonds is 6. The van der Waals surface area contributed by atoms with Crippen LogP contribution in [0.2, 0.25) is 0 Å². The molecule has 0 saturated carbocycles. The van der Waals surface area contributed by atoms with Crippen LogP contribution in [0.15, 0.2) is 23.2 Å². The number of thioether (sulfide) groups is 1. The molecule has 1 unspecified atom stereocenters. The normalized spacial score (nSPS) is 18.5. The lowest BCUT2D eigenvalue weighted by atomic mass is 10.1. The monoisotopic (exact) mass is 338 g/mol. The van der Waals surface area contributed by atoms with Crippen molar-refractivity contribution in [3.8, 4) is 0 Å². The minimum Gasteiger partial charge on any atom is -0.355 e. The summed E-state index contributed by atoms with van der Waals surface area (Å²) in [5, 5.41) is 7.36. The van der Waals surface area contributed by atoms with E-state index in [2.05, 4.69) is 15.6 Å². The number of halogens is 1. The van der Waals surface area contributed by atoms with Crippen molar-refractivity contribution in [2.24, 2.45) is 4.99 Å². The fraction of sp³-hybridized carbons (Fsp3) is 0.588. The summed E-state index contributed by atoms with van der Waals surface area (Å²) in [7, 11) is 5.66. The van der Waals surface area contributed by atoms with Gasteiger partial charge in [-0.1, -0.05) is 6.07 Å². The Labute approximate surface area is 142 Å². The molecule has 1 heterocycles. The molecule has 2 N–H and O–H groups in total. The maximum atomic E-state index is 13.8. The van der Waals surface area contributed by atoms with Gasteiger partial charge < -0.3 is 15.5 Å². The highest BCUT2D eigenvalue weighted by Gasteiger charge is 2.15. The van der Waals surface area contributed by atoms with Gasteiger partial charge >= 0.3 is 0 Å². The lowest BCUT2D eigenvalue weighted by Crippen LogP contribution is -2.39. The predicted octanol–water partition coefficient (Wildman–Crippen LogP) is 2.45. The van der Waals surface area contributed by atoms with Gasteiger partial charge in [-0.3, -0.25) is 4.99 Å². The molecule has 1 aromatic carbocycles. The smallest absolute Gasteiger partial charge is 0.191 e. The van der Waals surface area contributed by atoms with Gasteiger partial charge in [0.15, 0.2) is 5.96 Å². The maximum absolute atomic E-state index is 13.8. The average molecular weight is 338 g/mol. The first-order valence-corrected chi connectivity index (χ1v) is 9.11. The highest BCUT2D eigenvalue weighted by molar-refractivity contribution is 8.00. The zero-order valence-electron chi connectivity index (χ0n) is 14.2. The summed E-state index contributed by atoms with van der Waals surface area (Å²) in [6.07, 6.45) is 2.59. The summed E-state index contributed by atoms with van der Waals surface area (Å²) >= 11 is 2.03. The summed E-state index contributed by atoms with van der Waals surface area (Å²) in [4.78, 5) is 6.22. The molecule has 1 saturated heterocycles. The summed E-state index contributed by atoms with van der Waals surface area (Å²) in [5.41, 5.74) is 1.78. The van der Waals surface area contributed by atoms with Crippen LogP contribution < -0.4 is 10.6 Å². The number of benzene rings is 1. The largest absolute Gasteiger partial charge is 0.355 e. The molecule has 1 fully saturated rings. The van der Waals surface area contributed by atoms with E-state index in [-0.39, 0.29) is 5.82 Å². The van der Waals surface area contributed by atoms with E-state index in [9.17, 15) is 4.39 Å². The molecule has 0 spiro atoms. The molecule has 0 aliphatic carbocycles. The molecule has 0 aromatic heterocycles. The van der Waals surface area contributed by atoms with E-state index >= 15 is 0 Å². The van der Waals surface area contributed by atoms with Crippen LogP contribution in [0.3, 0.4) is 0 Å². The highest BCUT2D eigenvalue weighted by atomic mass is 32.2. The molecular weight excluding hydrogens is 311 g/mol. The van der Waals surface area contributed by atoms with Crippen molar-refractivity contribution in [3.63, 3.8) is 0 Å². The zero-order chi connectivity index (χ0) is 16.7. The van der Waals surface area contributed by atoms with Crippen LogP contribution in [0.25, 0.3) is 0 Å². The minimum absolute atomic E-state index is 0.150. The summed E-state index contributed by atoms with van der Waals surface area (Å²) in [6, 6.07) is 5.28. The second-order valence-electron chi connectivity index (χ2n) is 6.11. The molecule has 1 aromatic rings. The molecule has 0 amide bonds. The van der Waals surface area contributed by atoms with E-state index in [0.717, 1.165) is 23.6 Å². The van der Waals surface area contributed by atoms with Gasteiger partial charge in [-0.15, -0.1) is 0 Å². The maximum Gasteiger partial charge on any atom is 0.191 e. The van der Waals surface area contributed by atoms with Crippen LogP contribution >= 0.6 is 11.8 Å². The number of hydrogen-bond donors (Lipinski definition) is 2. The first-order chi connectivity index (χ1) is 11.1. The molecule has 0 bridgehead atoms. The molecule has 2 rings (SSSR count). The standard InChI is InChI=1S/C17H27FN4S/c1-19-17(21-11-15-5-4-8-23-15)20-10-13-6-7-16(18)14(9-13)12-22(2)3/h6-7,9,15H,4-5,8,10-12H2,1-3H3,(H2,19,20,21). The lowest BCUT2D eigenvalue weighted by molar-refractivity contribution is 0.392. The Kier molecular flexibility index (Phi) is 7.17. The van der Waals surface area contributed by atoms with E-state index in [0.29, 0.717) is 18.3 Å². The molecule has 6 heteroatoms. The average Bonchev–Trinajstić information content (AvgIpc) is 3.03. The van der Waals surface area contributed by atoms with Gasteiger partial charge in [0.2, 0.25) is 0 Å².